The molecule has 37 heavy (non-hydrogen) atoms. The van der Waals surface area contributed by atoms with E-state index in [1.54, 1.807) is 30.5 Å². The molecule has 2 aromatic carbocycles. The number of para-hydroxylation sites is 1. The maximum Gasteiger partial charge on any atom is 0.379 e. The van der Waals surface area contributed by atoms with Crippen LogP contribution in [0.1, 0.15) is 29.0 Å². The van der Waals surface area contributed by atoms with Crippen LogP contribution in [0.3, 0.4) is 0 Å². The first kappa shape index (κ1) is 23.8. The number of nitrogens with zero attached hydrogens (tertiary/aromatic N) is 5. The molecule has 2 N–H and O–H groups in total. The summed E-state index contributed by atoms with van der Waals surface area (Å²) in [6, 6.07) is 17.9. The summed E-state index contributed by atoms with van der Waals surface area (Å²) in [6.07, 6.45) is 5.19. The first-order valence-electron chi connectivity index (χ1n) is 11.7. The third-order valence-corrected chi connectivity index (χ3v) is 5.53. The molecule has 1 fully saturated rings. The van der Waals surface area contributed by atoms with Crippen molar-refractivity contribution in [2.45, 2.75) is 12.8 Å². The lowest BCUT2D eigenvalue weighted by molar-refractivity contribution is 0.0696. The molecule has 0 spiro atoms. The Balaban J connectivity index is 1.31. The molecule has 11 nitrogen and oxygen atoms in total. The highest BCUT2D eigenvalue weighted by Crippen LogP contribution is 2.28. The highest BCUT2D eigenvalue weighted by atomic mass is 16.6. The van der Waals surface area contributed by atoms with E-state index >= 15 is 0 Å². The SMILES string of the molecule is COc1cc(C=NNc2nc(Nc3ccccc3)nc(N3CCCC3)n2)ccc1OC(=O)c1ccco1. The Morgan fingerprint density at radius 3 is 2.57 bits per heavy atom. The number of rotatable bonds is 9. The zero-order valence-electron chi connectivity index (χ0n) is 20.1. The average Bonchev–Trinajstić information content (AvgIpc) is 3.65. The van der Waals surface area contributed by atoms with Crippen LogP contribution < -0.4 is 25.1 Å². The van der Waals surface area contributed by atoms with E-state index in [4.69, 9.17) is 13.9 Å². The number of carbonyl (C=O) groups is 1. The molecule has 0 unspecified atom stereocenters. The summed E-state index contributed by atoms with van der Waals surface area (Å²) in [7, 11) is 1.49. The lowest BCUT2D eigenvalue weighted by Crippen LogP contribution is -2.21. The van der Waals surface area contributed by atoms with Crippen molar-refractivity contribution in [1.29, 1.82) is 0 Å². The molecule has 4 aromatic rings. The van der Waals surface area contributed by atoms with Gasteiger partial charge in [-0.15, -0.1) is 0 Å². The van der Waals surface area contributed by atoms with Gasteiger partial charge >= 0.3 is 5.97 Å². The number of ether oxygens (including phenoxy) is 2. The molecule has 0 bridgehead atoms. The number of esters is 1. The number of methoxy groups -OCH3 is 1. The molecule has 0 atom stereocenters. The van der Waals surface area contributed by atoms with E-state index in [1.807, 2.05) is 30.3 Å². The van der Waals surface area contributed by atoms with E-state index in [0.717, 1.165) is 31.6 Å². The van der Waals surface area contributed by atoms with Gasteiger partial charge in [-0.05, 0) is 60.9 Å². The summed E-state index contributed by atoms with van der Waals surface area (Å²) in [5, 5.41) is 7.50. The van der Waals surface area contributed by atoms with Gasteiger partial charge in [0.15, 0.2) is 11.5 Å². The van der Waals surface area contributed by atoms with Crippen LogP contribution in [-0.2, 0) is 0 Å². The number of carbonyl (C=O) groups excluding carboxylic acids is 1. The summed E-state index contributed by atoms with van der Waals surface area (Å²) < 4.78 is 15.8. The Morgan fingerprint density at radius 1 is 1.00 bits per heavy atom. The molecule has 0 aliphatic carbocycles. The Bertz CT molecular complexity index is 1370. The van der Waals surface area contributed by atoms with Crippen LogP contribution in [0.15, 0.2) is 76.4 Å². The molecule has 1 aliphatic rings. The van der Waals surface area contributed by atoms with Crippen molar-refractivity contribution in [3.05, 3.63) is 78.3 Å². The van der Waals surface area contributed by atoms with Crippen molar-refractivity contribution >= 4 is 35.7 Å². The largest absolute Gasteiger partial charge is 0.493 e. The Kier molecular flexibility index (Phi) is 7.21. The smallest absolute Gasteiger partial charge is 0.379 e. The Hall–Kier alpha value is -4.93. The van der Waals surface area contributed by atoms with E-state index in [9.17, 15) is 4.79 Å². The lowest BCUT2D eigenvalue weighted by Gasteiger charge is -2.16. The van der Waals surface area contributed by atoms with Crippen molar-refractivity contribution in [3.63, 3.8) is 0 Å². The van der Waals surface area contributed by atoms with E-state index in [-0.39, 0.29) is 11.5 Å². The summed E-state index contributed by atoms with van der Waals surface area (Å²) >= 11 is 0. The molecule has 1 aliphatic heterocycles. The first-order chi connectivity index (χ1) is 18.2. The van der Waals surface area contributed by atoms with Crippen molar-refractivity contribution in [1.82, 2.24) is 15.0 Å². The topological polar surface area (TPSA) is 127 Å². The standard InChI is InChI=1S/C26H25N7O4/c1-35-22-16-18(11-12-20(22)37-23(34)21-10-7-15-36-21)17-27-32-25-29-24(28-19-8-3-2-4-9-19)30-26(31-25)33-13-5-6-14-33/h2-4,7-12,15-17H,5-6,13-14H2,1H3,(H2,28,29,30,31,32). The van der Waals surface area contributed by atoms with E-state index < -0.39 is 5.97 Å². The zero-order chi connectivity index (χ0) is 25.5. The van der Waals surface area contributed by atoms with Crippen LogP contribution in [0.25, 0.3) is 0 Å². The molecule has 0 amide bonds. The van der Waals surface area contributed by atoms with Crippen LogP contribution in [0.5, 0.6) is 11.5 Å². The Morgan fingerprint density at radius 2 is 1.81 bits per heavy atom. The highest BCUT2D eigenvalue weighted by molar-refractivity contribution is 5.89. The molecule has 0 saturated carbocycles. The van der Waals surface area contributed by atoms with Gasteiger partial charge in [-0.2, -0.15) is 20.1 Å². The van der Waals surface area contributed by atoms with Gasteiger partial charge in [0.1, 0.15) is 0 Å². The normalized spacial score (nSPS) is 13.1. The second-order valence-corrected chi connectivity index (χ2v) is 8.11. The van der Waals surface area contributed by atoms with Crippen LogP contribution in [0.4, 0.5) is 23.5 Å². The second kappa shape index (κ2) is 11.2. The fraction of sp³-hybridized carbons (Fsp3) is 0.192. The lowest BCUT2D eigenvalue weighted by atomic mass is 10.2. The quantitative estimate of drug-likeness (QED) is 0.147. The van der Waals surface area contributed by atoms with Crippen molar-refractivity contribution < 1.29 is 18.7 Å². The van der Waals surface area contributed by atoms with Gasteiger partial charge in [0.05, 0.1) is 19.6 Å². The summed E-state index contributed by atoms with van der Waals surface area (Å²) in [5.74, 6) is 1.44. The predicted molar refractivity (Wildman–Crippen MR) is 139 cm³/mol. The second-order valence-electron chi connectivity index (χ2n) is 8.11. The van der Waals surface area contributed by atoms with Crippen LogP contribution in [0.2, 0.25) is 0 Å². The minimum Gasteiger partial charge on any atom is -0.493 e. The molecule has 5 rings (SSSR count). The van der Waals surface area contributed by atoms with Gasteiger partial charge in [-0.25, -0.2) is 10.2 Å². The number of anilines is 4. The third-order valence-electron chi connectivity index (χ3n) is 5.53. The molecule has 0 radical (unpaired) electrons. The highest BCUT2D eigenvalue weighted by Gasteiger charge is 2.18. The summed E-state index contributed by atoms with van der Waals surface area (Å²) in [4.78, 5) is 27.9. The minimum atomic E-state index is -0.616. The minimum absolute atomic E-state index is 0.101. The maximum absolute atomic E-state index is 12.2. The first-order valence-corrected chi connectivity index (χ1v) is 11.7. The van der Waals surface area contributed by atoms with Gasteiger partial charge in [-0.1, -0.05) is 18.2 Å². The van der Waals surface area contributed by atoms with E-state index in [2.05, 4.69) is 35.7 Å². The van der Waals surface area contributed by atoms with Gasteiger partial charge in [0, 0.05) is 18.8 Å². The van der Waals surface area contributed by atoms with E-state index in [1.165, 1.54) is 19.4 Å². The molecule has 3 heterocycles. The van der Waals surface area contributed by atoms with Crippen molar-refractivity contribution in [3.8, 4) is 11.5 Å². The maximum atomic E-state index is 12.2. The molecule has 11 heteroatoms. The van der Waals surface area contributed by atoms with Gasteiger partial charge in [0.25, 0.3) is 0 Å². The number of hydrogen-bond donors (Lipinski definition) is 2. The van der Waals surface area contributed by atoms with Crippen LogP contribution >= 0.6 is 0 Å². The van der Waals surface area contributed by atoms with Crippen LogP contribution in [0, 0.1) is 0 Å². The fourth-order valence-electron chi connectivity index (χ4n) is 3.74. The number of nitrogens with one attached hydrogen (secondary N) is 2. The number of aromatic nitrogens is 3. The van der Waals surface area contributed by atoms with Crippen molar-refractivity contribution in [2.75, 3.05) is 35.8 Å². The summed E-state index contributed by atoms with van der Waals surface area (Å²) in [5.41, 5.74) is 4.47. The van der Waals surface area contributed by atoms with Gasteiger partial charge in [-0.3, -0.25) is 0 Å². The average molecular weight is 500 g/mol. The number of benzene rings is 2. The molecular weight excluding hydrogens is 474 g/mol. The molecule has 2 aromatic heterocycles. The molecular formula is C26H25N7O4. The third kappa shape index (κ3) is 6.01. The fourth-order valence-corrected chi connectivity index (χ4v) is 3.74. The van der Waals surface area contributed by atoms with E-state index in [0.29, 0.717) is 29.2 Å². The molecule has 188 valence electrons. The van der Waals surface area contributed by atoms with Gasteiger partial charge in [0.2, 0.25) is 23.6 Å². The zero-order valence-corrected chi connectivity index (χ0v) is 20.1. The molecule has 1 saturated heterocycles. The Labute approximate surface area is 213 Å². The monoisotopic (exact) mass is 499 g/mol. The predicted octanol–water partition coefficient (Wildman–Crippen LogP) is 4.48. The van der Waals surface area contributed by atoms with Gasteiger partial charge < -0.3 is 24.1 Å². The number of furan rings is 1. The van der Waals surface area contributed by atoms with Crippen LogP contribution in [-0.4, -0.2) is 47.3 Å². The summed E-state index contributed by atoms with van der Waals surface area (Å²) in [6.45, 7) is 1.79. The number of hydrazone groups is 1. The number of hydrogen-bond acceptors (Lipinski definition) is 11. The van der Waals surface area contributed by atoms with Crippen molar-refractivity contribution in [2.24, 2.45) is 5.10 Å².